The van der Waals surface area contributed by atoms with Crippen LogP contribution in [0.3, 0.4) is 0 Å². The van der Waals surface area contributed by atoms with Crippen LogP contribution in [0.25, 0.3) is 11.4 Å². The van der Waals surface area contributed by atoms with Crippen LogP contribution in [0, 0.1) is 29.0 Å². The van der Waals surface area contributed by atoms with E-state index in [1.54, 1.807) is 25.1 Å². The number of carbonyl (C=O) groups excluding carboxylic acids is 1. The second-order valence-electron chi connectivity index (χ2n) is 9.53. The number of benzene rings is 1. The van der Waals surface area contributed by atoms with E-state index in [1.165, 1.54) is 44.6 Å². The van der Waals surface area contributed by atoms with E-state index in [2.05, 4.69) is 9.97 Å². The Balaban J connectivity index is 1.41. The fourth-order valence-corrected chi connectivity index (χ4v) is 6.73. The molecule has 4 bridgehead atoms. The predicted octanol–water partition coefficient (Wildman–Crippen LogP) is 5.54. The molecule has 1 N–H and O–H groups in total. The van der Waals surface area contributed by atoms with Crippen molar-refractivity contribution in [3.05, 3.63) is 41.5 Å². The van der Waals surface area contributed by atoms with Gasteiger partial charge in [-0.25, -0.2) is 14.2 Å². The van der Waals surface area contributed by atoms with Gasteiger partial charge in [0.25, 0.3) is 0 Å². The average molecular weight is 397 g/mol. The number of aryl methyl sites for hydroxylation is 1. The van der Waals surface area contributed by atoms with Crippen LogP contribution < -0.4 is 0 Å². The van der Waals surface area contributed by atoms with Crippen LogP contribution in [0.2, 0.25) is 0 Å². The zero-order valence-corrected chi connectivity index (χ0v) is 17.0. The van der Waals surface area contributed by atoms with Gasteiger partial charge in [0.15, 0.2) is 5.69 Å². The Bertz CT molecular complexity index is 884. The normalized spacial score (nSPS) is 29.9. The molecule has 4 fully saturated rings. The van der Waals surface area contributed by atoms with Crippen LogP contribution in [-0.4, -0.2) is 22.5 Å². The van der Waals surface area contributed by atoms with E-state index < -0.39 is 5.97 Å². The zero-order chi connectivity index (χ0) is 20.0. The highest BCUT2D eigenvalue weighted by Gasteiger charge is 2.50. The summed E-state index contributed by atoms with van der Waals surface area (Å²) in [7, 11) is 0. The lowest BCUT2D eigenvalue weighted by Gasteiger charge is -2.57. The highest BCUT2D eigenvalue weighted by Crippen LogP contribution is 2.61. The van der Waals surface area contributed by atoms with Gasteiger partial charge in [-0.05, 0) is 93.6 Å². The lowest BCUT2D eigenvalue weighted by atomic mass is 9.48. The van der Waals surface area contributed by atoms with Crippen molar-refractivity contribution in [2.45, 2.75) is 58.3 Å². The van der Waals surface area contributed by atoms with E-state index in [-0.39, 0.29) is 5.82 Å². The lowest BCUT2D eigenvalue weighted by molar-refractivity contribution is -0.0571. The third-order valence-electron chi connectivity index (χ3n) is 7.45. The second kappa shape index (κ2) is 7.26. The molecule has 4 saturated carbocycles. The number of hydrogen-bond donors (Lipinski definition) is 1. The standard InChI is InChI=1S/C24H29FN2O2/c1-2-29-23(28)21-20(26-22(27-21)18-5-3-4-6-19(18)25)7-8-24-12-15-9-16(13-24)11-17(10-15)14-24/h3-6,15-17H,2,7-14H2,1H3,(H,26,27). The van der Waals surface area contributed by atoms with Gasteiger partial charge in [-0.1, -0.05) is 12.1 Å². The summed E-state index contributed by atoms with van der Waals surface area (Å²) in [6.45, 7) is 2.09. The number of hydrogen-bond acceptors (Lipinski definition) is 3. The van der Waals surface area contributed by atoms with Crippen LogP contribution in [0.4, 0.5) is 4.39 Å². The predicted molar refractivity (Wildman–Crippen MR) is 109 cm³/mol. The van der Waals surface area contributed by atoms with Crippen molar-refractivity contribution in [2.24, 2.45) is 23.2 Å². The molecule has 1 aromatic carbocycles. The third kappa shape index (κ3) is 3.49. The minimum Gasteiger partial charge on any atom is -0.461 e. The molecular weight excluding hydrogens is 367 g/mol. The highest BCUT2D eigenvalue weighted by molar-refractivity contribution is 5.89. The molecule has 2 aromatic rings. The van der Waals surface area contributed by atoms with Crippen molar-refractivity contribution >= 4 is 5.97 Å². The summed E-state index contributed by atoms with van der Waals surface area (Å²) in [5, 5.41) is 0. The SMILES string of the molecule is CCOC(=O)c1nc(-c2ccccc2F)[nH]c1CCC12CC3CC(CC(C3)C1)C2. The van der Waals surface area contributed by atoms with E-state index in [1.807, 2.05) is 0 Å². The van der Waals surface area contributed by atoms with Crippen LogP contribution in [-0.2, 0) is 11.2 Å². The molecule has 6 rings (SSSR count). The summed E-state index contributed by atoms with van der Waals surface area (Å²) >= 11 is 0. The molecular formula is C24H29FN2O2. The lowest BCUT2D eigenvalue weighted by Crippen LogP contribution is -2.46. The van der Waals surface area contributed by atoms with Gasteiger partial charge in [0.2, 0.25) is 0 Å². The van der Waals surface area contributed by atoms with Crippen molar-refractivity contribution in [1.82, 2.24) is 9.97 Å². The zero-order valence-electron chi connectivity index (χ0n) is 17.0. The Hall–Kier alpha value is -2.17. The molecule has 1 aromatic heterocycles. The fraction of sp³-hybridized carbons (Fsp3) is 0.583. The van der Waals surface area contributed by atoms with E-state index in [0.717, 1.165) is 36.3 Å². The number of imidazole rings is 1. The number of esters is 1. The maximum Gasteiger partial charge on any atom is 0.358 e. The maximum atomic E-state index is 14.3. The molecule has 0 saturated heterocycles. The molecule has 4 aliphatic carbocycles. The van der Waals surface area contributed by atoms with Gasteiger partial charge in [0.05, 0.1) is 12.2 Å². The Morgan fingerprint density at radius 2 is 1.83 bits per heavy atom. The van der Waals surface area contributed by atoms with E-state index >= 15 is 0 Å². The van der Waals surface area contributed by atoms with E-state index in [0.29, 0.717) is 29.1 Å². The molecule has 0 spiro atoms. The Labute approximate surface area is 171 Å². The van der Waals surface area contributed by atoms with E-state index in [9.17, 15) is 9.18 Å². The van der Waals surface area contributed by atoms with Crippen LogP contribution >= 0.6 is 0 Å². The first kappa shape index (κ1) is 18.8. The number of halogens is 1. The quantitative estimate of drug-likeness (QED) is 0.652. The van der Waals surface area contributed by atoms with Gasteiger partial charge in [0.1, 0.15) is 11.6 Å². The molecule has 0 atom stereocenters. The monoisotopic (exact) mass is 396 g/mol. The first-order chi connectivity index (χ1) is 14.0. The minimum absolute atomic E-state index is 0.301. The molecule has 4 nitrogen and oxygen atoms in total. The Morgan fingerprint density at radius 3 is 2.45 bits per heavy atom. The van der Waals surface area contributed by atoms with Crippen molar-refractivity contribution in [3.63, 3.8) is 0 Å². The number of aromatic nitrogens is 2. The third-order valence-corrected chi connectivity index (χ3v) is 7.45. The molecule has 4 aliphatic rings. The number of carbonyl (C=O) groups is 1. The summed E-state index contributed by atoms with van der Waals surface area (Å²) in [6, 6.07) is 6.53. The summed E-state index contributed by atoms with van der Waals surface area (Å²) in [6.07, 6.45) is 10.1. The van der Waals surface area contributed by atoms with Crippen molar-refractivity contribution in [1.29, 1.82) is 0 Å². The van der Waals surface area contributed by atoms with Gasteiger partial charge in [-0.2, -0.15) is 0 Å². The largest absolute Gasteiger partial charge is 0.461 e. The van der Waals surface area contributed by atoms with Crippen molar-refractivity contribution < 1.29 is 13.9 Å². The van der Waals surface area contributed by atoms with Gasteiger partial charge in [-0.15, -0.1) is 0 Å². The smallest absolute Gasteiger partial charge is 0.358 e. The molecule has 0 aliphatic heterocycles. The van der Waals surface area contributed by atoms with Gasteiger partial charge < -0.3 is 9.72 Å². The van der Waals surface area contributed by atoms with Gasteiger partial charge in [-0.3, -0.25) is 0 Å². The topological polar surface area (TPSA) is 55.0 Å². The summed E-state index contributed by atoms with van der Waals surface area (Å²) in [5.74, 6) is 2.35. The molecule has 0 radical (unpaired) electrons. The first-order valence-electron chi connectivity index (χ1n) is 11.1. The Kier molecular flexibility index (Phi) is 4.72. The fourth-order valence-electron chi connectivity index (χ4n) is 6.73. The number of ether oxygens (including phenoxy) is 1. The molecule has 1 heterocycles. The number of aromatic amines is 1. The molecule has 0 amide bonds. The molecule has 29 heavy (non-hydrogen) atoms. The van der Waals surface area contributed by atoms with Crippen LogP contribution in [0.15, 0.2) is 24.3 Å². The highest BCUT2D eigenvalue weighted by atomic mass is 19.1. The molecule has 0 unspecified atom stereocenters. The van der Waals surface area contributed by atoms with Gasteiger partial charge in [0, 0.05) is 5.69 Å². The maximum absolute atomic E-state index is 14.3. The van der Waals surface area contributed by atoms with Crippen molar-refractivity contribution in [3.8, 4) is 11.4 Å². The van der Waals surface area contributed by atoms with Crippen LogP contribution in [0.1, 0.15) is 68.1 Å². The van der Waals surface area contributed by atoms with Crippen molar-refractivity contribution in [2.75, 3.05) is 6.61 Å². The minimum atomic E-state index is -0.424. The van der Waals surface area contributed by atoms with E-state index in [4.69, 9.17) is 4.74 Å². The number of nitrogens with zero attached hydrogens (tertiary/aromatic N) is 1. The van der Waals surface area contributed by atoms with Gasteiger partial charge >= 0.3 is 5.97 Å². The Morgan fingerprint density at radius 1 is 1.17 bits per heavy atom. The second-order valence-corrected chi connectivity index (χ2v) is 9.53. The molecule has 5 heteroatoms. The first-order valence-corrected chi connectivity index (χ1v) is 11.1. The average Bonchev–Trinajstić information content (AvgIpc) is 3.10. The molecule has 154 valence electrons. The summed E-state index contributed by atoms with van der Waals surface area (Å²) in [5.41, 5.74) is 1.91. The number of nitrogens with one attached hydrogen (secondary N) is 1. The summed E-state index contributed by atoms with van der Waals surface area (Å²) in [4.78, 5) is 20.2. The number of rotatable bonds is 6. The number of H-pyrrole nitrogens is 1. The summed E-state index contributed by atoms with van der Waals surface area (Å²) < 4.78 is 19.5. The van der Waals surface area contributed by atoms with Crippen LogP contribution in [0.5, 0.6) is 0 Å².